The van der Waals surface area contributed by atoms with E-state index in [4.69, 9.17) is 9.47 Å². The second kappa shape index (κ2) is 7.79. The number of benzene rings is 1. The first kappa shape index (κ1) is 17.6. The van der Waals surface area contributed by atoms with Gasteiger partial charge in [-0.2, -0.15) is 0 Å². The molecule has 0 unspecified atom stereocenters. The molecule has 25 heavy (non-hydrogen) atoms. The van der Waals surface area contributed by atoms with Crippen molar-refractivity contribution in [2.75, 3.05) is 7.11 Å². The molecule has 1 heterocycles. The maximum Gasteiger partial charge on any atom is 0.316 e. The normalized spacial score (nSPS) is 20.8. The molecule has 1 fully saturated rings. The van der Waals surface area contributed by atoms with Crippen LogP contribution in [0.5, 0.6) is 11.8 Å². The lowest BCUT2D eigenvalue weighted by molar-refractivity contribution is 0.132. The van der Waals surface area contributed by atoms with Crippen molar-refractivity contribution in [2.24, 2.45) is 0 Å². The van der Waals surface area contributed by atoms with Crippen molar-refractivity contribution in [3.63, 3.8) is 0 Å². The van der Waals surface area contributed by atoms with E-state index < -0.39 is 10.0 Å². The molecule has 1 N–H and O–H groups in total. The molecule has 1 aromatic carbocycles. The Morgan fingerprint density at radius 2 is 1.80 bits per heavy atom. The summed E-state index contributed by atoms with van der Waals surface area (Å²) in [4.78, 5) is 8.31. The maximum atomic E-state index is 12.5. The summed E-state index contributed by atoms with van der Waals surface area (Å²) >= 11 is 0. The van der Waals surface area contributed by atoms with E-state index in [0.717, 1.165) is 12.8 Å². The first-order chi connectivity index (χ1) is 12.1. The van der Waals surface area contributed by atoms with Gasteiger partial charge in [-0.25, -0.2) is 23.1 Å². The van der Waals surface area contributed by atoms with Crippen molar-refractivity contribution >= 4 is 10.0 Å². The van der Waals surface area contributed by atoms with E-state index in [9.17, 15) is 8.42 Å². The predicted octanol–water partition coefficient (Wildman–Crippen LogP) is 2.15. The summed E-state index contributed by atoms with van der Waals surface area (Å²) in [5.41, 5.74) is 0. The minimum atomic E-state index is -3.56. The molecule has 0 saturated heterocycles. The average molecular weight is 363 g/mol. The second-order valence-electron chi connectivity index (χ2n) is 5.92. The monoisotopic (exact) mass is 363 g/mol. The molecule has 3 rings (SSSR count). The van der Waals surface area contributed by atoms with Crippen LogP contribution in [0.25, 0.3) is 0 Å². The van der Waals surface area contributed by atoms with E-state index >= 15 is 0 Å². The van der Waals surface area contributed by atoms with Gasteiger partial charge in [-0.1, -0.05) is 6.07 Å². The van der Waals surface area contributed by atoms with Crippen molar-refractivity contribution in [3.8, 4) is 11.8 Å². The van der Waals surface area contributed by atoms with Crippen LogP contribution in [0.2, 0.25) is 0 Å². The van der Waals surface area contributed by atoms with Crippen LogP contribution in [0, 0.1) is 0 Å². The third-order valence-corrected chi connectivity index (χ3v) is 5.68. The van der Waals surface area contributed by atoms with Crippen molar-refractivity contribution in [3.05, 3.63) is 42.7 Å². The highest BCUT2D eigenvalue weighted by Gasteiger charge is 2.27. The number of methoxy groups -OCH3 is 1. The summed E-state index contributed by atoms with van der Waals surface area (Å²) in [6.07, 6.45) is 6.21. The summed E-state index contributed by atoms with van der Waals surface area (Å²) in [5, 5.41) is 0. The van der Waals surface area contributed by atoms with Crippen LogP contribution in [0.1, 0.15) is 25.7 Å². The minimum Gasteiger partial charge on any atom is -0.497 e. The zero-order valence-electron chi connectivity index (χ0n) is 14.0. The Labute approximate surface area is 147 Å². The molecule has 0 atom stereocenters. The van der Waals surface area contributed by atoms with Crippen molar-refractivity contribution in [2.45, 2.75) is 42.7 Å². The second-order valence-corrected chi connectivity index (χ2v) is 7.64. The van der Waals surface area contributed by atoms with Crippen molar-refractivity contribution < 1.29 is 17.9 Å². The molecule has 134 valence electrons. The SMILES string of the molecule is COc1cccc(S(=O)(=O)NC2CCC(Oc3ncccn3)CC2)c1. The predicted molar refractivity (Wildman–Crippen MR) is 92.0 cm³/mol. The van der Waals surface area contributed by atoms with Crippen molar-refractivity contribution in [1.82, 2.24) is 14.7 Å². The highest BCUT2D eigenvalue weighted by Crippen LogP contribution is 2.24. The van der Waals surface area contributed by atoms with E-state index in [1.807, 2.05) is 0 Å². The largest absolute Gasteiger partial charge is 0.497 e. The third kappa shape index (κ3) is 4.67. The zero-order chi connectivity index (χ0) is 17.7. The van der Waals surface area contributed by atoms with E-state index in [0.29, 0.717) is 24.6 Å². The average Bonchev–Trinajstić information content (AvgIpc) is 2.64. The fourth-order valence-electron chi connectivity index (χ4n) is 2.85. The molecule has 0 bridgehead atoms. The zero-order valence-corrected chi connectivity index (χ0v) is 14.8. The number of nitrogens with one attached hydrogen (secondary N) is 1. The molecule has 8 heteroatoms. The van der Waals surface area contributed by atoms with Gasteiger partial charge in [-0.3, -0.25) is 0 Å². The molecule has 1 aliphatic carbocycles. The van der Waals surface area contributed by atoms with Gasteiger partial charge in [0, 0.05) is 24.5 Å². The molecular weight excluding hydrogens is 342 g/mol. The van der Waals surface area contributed by atoms with Gasteiger partial charge in [-0.05, 0) is 43.9 Å². The Bertz CT molecular complexity index is 791. The lowest BCUT2D eigenvalue weighted by atomic mass is 9.94. The summed E-state index contributed by atoms with van der Waals surface area (Å²) in [7, 11) is -2.05. The molecule has 7 nitrogen and oxygen atoms in total. The summed E-state index contributed by atoms with van der Waals surface area (Å²) in [6.45, 7) is 0. The van der Waals surface area contributed by atoms with Crippen LogP contribution in [0.3, 0.4) is 0 Å². The highest BCUT2D eigenvalue weighted by molar-refractivity contribution is 7.89. The molecule has 1 aromatic heterocycles. The summed E-state index contributed by atoms with van der Waals surface area (Å²) in [5.74, 6) is 0.517. The van der Waals surface area contributed by atoms with Gasteiger partial charge in [0.2, 0.25) is 10.0 Å². The van der Waals surface area contributed by atoms with E-state index in [1.165, 1.54) is 13.2 Å². The molecule has 0 radical (unpaired) electrons. The van der Waals surface area contributed by atoms with E-state index in [-0.39, 0.29) is 17.0 Å². The smallest absolute Gasteiger partial charge is 0.316 e. The lowest BCUT2D eigenvalue weighted by Gasteiger charge is -2.28. The number of nitrogens with zero attached hydrogens (tertiary/aromatic N) is 2. The quantitative estimate of drug-likeness (QED) is 0.846. The molecule has 0 spiro atoms. The first-order valence-electron chi connectivity index (χ1n) is 8.17. The maximum absolute atomic E-state index is 12.5. The fourth-order valence-corrected chi connectivity index (χ4v) is 4.19. The van der Waals surface area contributed by atoms with Gasteiger partial charge < -0.3 is 9.47 Å². The van der Waals surface area contributed by atoms with Crippen LogP contribution < -0.4 is 14.2 Å². The molecule has 1 aliphatic rings. The van der Waals surface area contributed by atoms with Gasteiger partial charge >= 0.3 is 6.01 Å². The number of ether oxygens (including phenoxy) is 2. The minimum absolute atomic E-state index is 0.0139. The lowest BCUT2D eigenvalue weighted by Crippen LogP contribution is -2.39. The van der Waals surface area contributed by atoms with E-state index in [2.05, 4.69) is 14.7 Å². The highest BCUT2D eigenvalue weighted by atomic mass is 32.2. The fraction of sp³-hybridized carbons (Fsp3) is 0.412. The molecular formula is C17H21N3O4S. The Hall–Kier alpha value is -2.19. The Balaban J connectivity index is 1.56. The van der Waals surface area contributed by atoms with E-state index in [1.54, 1.807) is 36.7 Å². The van der Waals surface area contributed by atoms with Crippen LogP contribution in [-0.4, -0.2) is 37.6 Å². The van der Waals surface area contributed by atoms with Gasteiger partial charge in [0.05, 0.1) is 12.0 Å². The first-order valence-corrected chi connectivity index (χ1v) is 9.65. The molecule has 0 aliphatic heterocycles. The summed E-state index contributed by atoms with van der Waals surface area (Å²) in [6, 6.07) is 8.45. The third-order valence-electron chi connectivity index (χ3n) is 4.16. The van der Waals surface area contributed by atoms with Gasteiger partial charge in [0.1, 0.15) is 11.9 Å². The number of rotatable bonds is 6. The number of aromatic nitrogens is 2. The van der Waals surface area contributed by atoms with Crippen LogP contribution in [0.15, 0.2) is 47.6 Å². The number of hydrogen-bond donors (Lipinski definition) is 1. The standard InChI is InChI=1S/C17H21N3O4S/c1-23-15-4-2-5-16(12-15)25(21,22)20-13-6-8-14(9-7-13)24-17-18-10-3-11-19-17/h2-5,10-14,20H,6-9H2,1H3. The Morgan fingerprint density at radius 3 is 2.48 bits per heavy atom. The Morgan fingerprint density at radius 1 is 1.08 bits per heavy atom. The van der Waals surface area contributed by atoms with Gasteiger partial charge in [0.15, 0.2) is 0 Å². The van der Waals surface area contributed by atoms with Crippen LogP contribution >= 0.6 is 0 Å². The topological polar surface area (TPSA) is 90.4 Å². The van der Waals surface area contributed by atoms with Gasteiger partial charge in [-0.15, -0.1) is 0 Å². The van der Waals surface area contributed by atoms with Crippen LogP contribution in [-0.2, 0) is 10.0 Å². The number of sulfonamides is 1. The molecule has 2 aromatic rings. The van der Waals surface area contributed by atoms with Crippen molar-refractivity contribution in [1.29, 1.82) is 0 Å². The number of hydrogen-bond acceptors (Lipinski definition) is 6. The molecule has 1 saturated carbocycles. The Kier molecular flexibility index (Phi) is 5.50. The van der Waals surface area contributed by atoms with Crippen LogP contribution in [0.4, 0.5) is 0 Å². The molecule has 0 amide bonds. The summed E-state index contributed by atoms with van der Waals surface area (Å²) < 4.78 is 38.6. The van der Waals surface area contributed by atoms with Gasteiger partial charge in [0.25, 0.3) is 0 Å².